The highest BCUT2D eigenvalue weighted by Gasteiger charge is 2.31. The predicted molar refractivity (Wildman–Crippen MR) is 127 cm³/mol. The van der Waals surface area contributed by atoms with E-state index in [0.29, 0.717) is 12.1 Å². The lowest BCUT2D eigenvalue weighted by molar-refractivity contribution is 0.102. The highest BCUT2D eigenvalue weighted by molar-refractivity contribution is 7.92. The number of hydrogen-bond acceptors (Lipinski definition) is 5. The van der Waals surface area contributed by atoms with Crippen molar-refractivity contribution in [3.8, 4) is 0 Å². The van der Waals surface area contributed by atoms with E-state index in [2.05, 4.69) is 10.0 Å². The highest BCUT2D eigenvalue weighted by Crippen LogP contribution is 2.21. The molecule has 7 nitrogen and oxygen atoms in total. The minimum atomic E-state index is -3.97. The molecule has 0 aliphatic carbocycles. The van der Waals surface area contributed by atoms with Crippen molar-refractivity contribution in [2.24, 2.45) is 0 Å². The average molecular weight is 485 g/mol. The van der Waals surface area contributed by atoms with E-state index >= 15 is 0 Å². The normalized spacial score (nSPS) is 17.5. The van der Waals surface area contributed by atoms with Crippen LogP contribution in [0.4, 0.5) is 5.69 Å². The lowest BCUT2D eigenvalue weighted by atomic mass is 10.0. The average Bonchev–Trinajstić information content (AvgIpc) is 3.13. The van der Waals surface area contributed by atoms with Gasteiger partial charge in [0.1, 0.15) is 0 Å². The summed E-state index contributed by atoms with van der Waals surface area (Å²) in [5.41, 5.74) is 2.87. The van der Waals surface area contributed by atoms with Crippen LogP contribution < -0.4 is 10.0 Å². The fourth-order valence-electron chi connectivity index (χ4n) is 3.79. The number of carbonyl (C=O) groups excluding carboxylic acids is 1. The van der Waals surface area contributed by atoms with Gasteiger partial charge in [-0.3, -0.25) is 4.79 Å². The Hall–Kier alpha value is -3.01. The van der Waals surface area contributed by atoms with Crippen molar-refractivity contribution < 1.29 is 21.6 Å². The summed E-state index contributed by atoms with van der Waals surface area (Å²) in [5, 5.41) is 2.88. The summed E-state index contributed by atoms with van der Waals surface area (Å²) < 4.78 is 51.2. The van der Waals surface area contributed by atoms with Crippen LogP contribution in [0.15, 0.2) is 83.8 Å². The van der Waals surface area contributed by atoms with Gasteiger partial charge in [-0.05, 0) is 48.2 Å². The van der Waals surface area contributed by atoms with Crippen molar-refractivity contribution in [3.63, 3.8) is 0 Å². The first-order chi connectivity index (χ1) is 15.7. The number of carbonyl (C=O) groups is 1. The third kappa shape index (κ3) is 5.87. The molecule has 0 bridgehead atoms. The molecule has 3 aromatic carbocycles. The summed E-state index contributed by atoms with van der Waals surface area (Å²) in [7, 11) is -7.19. The summed E-state index contributed by atoms with van der Waals surface area (Å²) in [4.78, 5) is 12.8. The van der Waals surface area contributed by atoms with Crippen LogP contribution in [-0.4, -0.2) is 40.3 Å². The standard InChI is InChI=1S/C24H24N2O5S2/c27-24(25-23-12-5-4-9-19(23)15-18-7-2-1-3-8-18)20-10-6-11-22(16-20)33(30,31)26-21-13-14-32(28,29)17-21/h1-12,16,21,26H,13-15,17H2,(H,25,27). The van der Waals surface area contributed by atoms with Crippen LogP contribution in [0.1, 0.15) is 27.9 Å². The maximum absolute atomic E-state index is 12.9. The Morgan fingerprint density at radius 3 is 2.39 bits per heavy atom. The van der Waals surface area contributed by atoms with Crippen LogP contribution in [0.2, 0.25) is 0 Å². The van der Waals surface area contributed by atoms with Crippen LogP contribution in [0.3, 0.4) is 0 Å². The van der Waals surface area contributed by atoms with E-state index in [0.717, 1.165) is 11.1 Å². The van der Waals surface area contributed by atoms with Gasteiger partial charge in [0, 0.05) is 17.3 Å². The van der Waals surface area contributed by atoms with Crippen molar-refractivity contribution in [1.82, 2.24) is 4.72 Å². The molecular weight excluding hydrogens is 460 g/mol. The quantitative estimate of drug-likeness (QED) is 0.536. The first-order valence-electron chi connectivity index (χ1n) is 10.5. The van der Waals surface area contributed by atoms with Gasteiger partial charge in [-0.25, -0.2) is 21.6 Å². The largest absolute Gasteiger partial charge is 0.322 e. The second-order valence-corrected chi connectivity index (χ2v) is 12.0. The molecule has 9 heteroatoms. The fraction of sp³-hybridized carbons (Fsp3) is 0.208. The number of amides is 1. The molecule has 4 rings (SSSR count). The van der Waals surface area contributed by atoms with Crippen LogP contribution in [-0.2, 0) is 26.3 Å². The Morgan fingerprint density at radius 1 is 0.939 bits per heavy atom. The molecule has 1 aliphatic rings. The SMILES string of the molecule is O=C(Nc1ccccc1Cc1ccccc1)c1cccc(S(=O)(=O)NC2CCS(=O)(=O)C2)c1. The molecule has 1 heterocycles. The molecule has 1 unspecified atom stereocenters. The van der Waals surface area contributed by atoms with Gasteiger partial charge in [-0.1, -0.05) is 54.6 Å². The minimum Gasteiger partial charge on any atom is -0.322 e. The van der Waals surface area contributed by atoms with Gasteiger partial charge in [0.25, 0.3) is 5.91 Å². The summed E-state index contributed by atoms with van der Waals surface area (Å²) >= 11 is 0. The number of sulfonamides is 1. The lowest BCUT2D eigenvalue weighted by Gasteiger charge is -2.14. The zero-order valence-electron chi connectivity index (χ0n) is 17.8. The first kappa shape index (κ1) is 23.2. The predicted octanol–water partition coefficient (Wildman–Crippen LogP) is 3.00. The van der Waals surface area contributed by atoms with Gasteiger partial charge < -0.3 is 5.32 Å². The molecule has 1 fully saturated rings. The van der Waals surface area contributed by atoms with Crippen LogP contribution >= 0.6 is 0 Å². The Bertz CT molecular complexity index is 1370. The zero-order valence-corrected chi connectivity index (χ0v) is 19.4. The Morgan fingerprint density at radius 2 is 1.67 bits per heavy atom. The zero-order chi connectivity index (χ0) is 23.5. The van der Waals surface area contributed by atoms with Crippen molar-refractivity contribution in [2.45, 2.75) is 23.8 Å². The third-order valence-electron chi connectivity index (χ3n) is 5.46. The molecule has 1 saturated heterocycles. The summed E-state index contributed by atoms with van der Waals surface area (Å²) in [5.74, 6) is -0.689. The van der Waals surface area contributed by atoms with Crippen LogP contribution in [0, 0.1) is 0 Å². The number of anilines is 1. The molecule has 3 aromatic rings. The molecule has 172 valence electrons. The molecular formula is C24H24N2O5S2. The maximum Gasteiger partial charge on any atom is 0.255 e. The van der Waals surface area contributed by atoms with Gasteiger partial charge in [-0.15, -0.1) is 0 Å². The topological polar surface area (TPSA) is 109 Å². The summed E-state index contributed by atoms with van der Waals surface area (Å²) in [6.07, 6.45) is 0.875. The van der Waals surface area contributed by atoms with E-state index in [1.807, 2.05) is 48.5 Å². The molecule has 33 heavy (non-hydrogen) atoms. The smallest absolute Gasteiger partial charge is 0.255 e. The van der Waals surface area contributed by atoms with E-state index in [9.17, 15) is 21.6 Å². The summed E-state index contributed by atoms with van der Waals surface area (Å²) in [6, 6.07) is 22.4. The molecule has 1 amide bonds. The Kier molecular flexibility index (Phi) is 6.64. The number of hydrogen-bond donors (Lipinski definition) is 2. The van der Waals surface area contributed by atoms with Gasteiger partial charge in [-0.2, -0.15) is 0 Å². The number of benzene rings is 3. The molecule has 0 spiro atoms. The van der Waals surface area contributed by atoms with E-state index in [1.54, 1.807) is 6.07 Å². The van der Waals surface area contributed by atoms with Gasteiger partial charge in [0.15, 0.2) is 9.84 Å². The second kappa shape index (κ2) is 9.46. The van der Waals surface area contributed by atoms with Gasteiger partial charge >= 0.3 is 0 Å². The molecule has 1 atom stereocenters. The number of sulfone groups is 1. The van der Waals surface area contributed by atoms with Crippen molar-refractivity contribution >= 4 is 31.5 Å². The van der Waals surface area contributed by atoms with Crippen LogP contribution in [0.25, 0.3) is 0 Å². The molecule has 1 aliphatic heterocycles. The molecule has 2 N–H and O–H groups in total. The van der Waals surface area contributed by atoms with E-state index in [-0.39, 0.29) is 28.4 Å². The van der Waals surface area contributed by atoms with Crippen molar-refractivity contribution in [1.29, 1.82) is 0 Å². The number of rotatable bonds is 7. The number of para-hydroxylation sites is 1. The Labute approximate surface area is 193 Å². The molecule has 0 saturated carbocycles. The molecule has 0 aromatic heterocycles. The highest BCUT2D eigenvalue weighted by atomic mass is 32.2. The summed E-state index contributed by atoms with van der Waals surface area (Å²) in [6.45, 7) is 0. The number of nitrogens with one attached hydrogen (secondary N) is 2. The van der Waals surface area contributed by atoms with Gasteiger partial charge in [0.2, 0.25) is 10.0 Å². The maximum atomic E-state index is 12.9. The van der Waals surface area contributed by atoms with Gasteiger partial charge in [0.05, 0.1) is 16.4 Å². The minimum absolute atomic E-state index is 0.0367. The van der Waals surface area contributed by atoms with E-state index in [1.165, 1.54) is 24.3 Å². The monoisotopic (exact) mass is 484 g/mol. The molecule has 0 radical (unpaired) electrons. The van der Waals surface area contributed by atoms with Crippen LogP contribution in [0.5, 0.6) is 0 Å². The Balaban J connectivity index is 1.51. The van der Waals surface area contributed by atoms with Crippen molar-refractivity contribution in [3.05, 3.63) is 95.6 Å². The van der Waals surface area contributed by atoms with E-state index < -0.39 is 31.8 Å². The first-order valence-corrected chi connectivity index (χ1v) is 13.8. The third-order valence-corrected chi connectivity index (χ3v) is 8.75. The lowest BCUT2D eigenvalue weighted by Crippen LogP contribution is -2.35. The van der Waals surface area contributed by atoms with Crippen molar-refractivity contribution in [2.75, 3.05) is 16.8 Å². The second-order valence-electron chi connectivity index (χ2n) is 8.02. The van der Waals surface area contributed by atoms with E-state index in [4.69, 9.17) is 0 Å². The fourth-order valence-corrected chi connectivity index (χ4v) is 6.88.